The van der Waals surface area contributed by atoms with Crippen LogP contribution in [0.4, 0.5) is 0 Å². The highest BCUT2D eigenvalue weighted by Gasteiger charge is 2.51. The molecular formula is C15H22O6. The van der Waals surface area contributed by atoms with Gasteiger partial charge in [-0.2, -0.15) is 0 Å². The average Bonchev–Trinajstić information content (AvgIpc) is 2.67. The van der Waals surface area contributed by atoms with Crippen LogP contribution in [0.25, 0.3) is 0 Å². The van der Waals surface area contributed by atoms with Crippen molar-refractivity contribution in [3.05, 3.63) is 11.6 Å². The maximum Gasteiger partial charge on any atom is 0.328 e. The van der Waals surface area contributed by atoms with Crippen molar-refractivity contribution >= 4 is 12.3 Å². The highest BCUT2D eigenvalue weighted by molar-refractivity contribution is 5.80. The molecule has 4 atom stereocenters. The van der Waals surface area contributed by atoms with Crippen LogP contribution in [-0.2, 0) is 23.8 Å². The molecule has 0 aromatic heterocycles. The minimum Gasteiger partial charge on any atom is -0.478 e. The topological polar surface area (TPSA) is 82.1 Å². The van der Waals surface area contributed by atoms with E-state index in [2.05, 4.69) is 0 Å². The van der Waals surface area contributed by atoms with Crippen LogP contribution in [0.1, 0.15) is 33.6 Å². The summed E-state index contributed by atoms with van der Waals surface area (Å²) in [4.78, 5) is 21.5. The molecule has 2 fully saturated rings. The van der Waals surface area contributed by atoms with Crippen molar-refractivity contribution in [3.63, 3.8) is 0 Å². The fourth-order valence-corrected chi connectivity index (χ4v) is 2.99. The molecule has 0 aliphatic carbocycles. The van der Waals surface area contributed by atoms with Crippen molar-refractivity contribution in [3.8, 4) is 0 Å². The summed E-state index contributed by atoms with van der Waals surface area (Å²) in [7, 11) is 0. The Labute approximate surface area is 124 Å². The predicted octanol–water partition coefficient (Wildman–Crippen LogP) is 1.53. The van der Waals surface area contributed by atoms with Gasteiger partial charge in [0.2, 0.25) is 0 Å². The van der Waals surface area contributed by atoms with Gasteiger partial charge in [-0.15, -0.1) is 0 Å². The first kappa shape index (κ1) is 16.1. The van der Waals surface area contributed by atoms with Crippen molar-refractivity contribution in [2.75, 3.05) is 6.61 Å². The molecule has 0 amide bonds. The summed E-state index contributed by atoms with van der Waals surface area (Å²) in [6, 6.07) is 0. The Morgan fingerprint density at radius 3 is 2.62 bits per heavy atom. The predicted molar refractivity (Wildman–Crippen MR) is 73.7 cm³/mol. The Bertz CT molecular complexity index is 441. The molecular weight excluding hydrogens is 276 g/mol. The Kier molecular flexibility index (Phi) is 4.81. The van der Waals surface area contributed by atoms with Gasteiger partial charge >= 0.3 is 5.97 Å². The Balaban J connectivity index is 2.11. The lowest BCUT2D eigenvalue weighted by molar-refractivity contribution is -0.153. The first-order valence-corrected chi connectivity index (χ1v) is 7.13. The zero-order valence-corrected chi connectivity index (χ0v) is 12.6. The zero-order valence-electron chi connectivity index (χ0n) is 12.6. The molecule has 0 unspecified atom stereocenters. The molecule has 2 rings (SSSR count). The average molecular weight is 298 g/mol. The number of hydrogen-bond acceptors (Lipinski definition) is 5. The number of carboxylic acid groups (broad SMARTS) is 1. The van der Waals surface area contributed by atoms with Crippen LogP contribution < -0.4 is 0 Å². The Morgan fingerprint density at radius 2 is 2.00 bits per heavy atom. The zero-order chi connectivity index (χ0) is 15.6. The third-order valence-electron chi connectivity index (χ3n) is 3.81. The van der Waals surface area contributed by atoms with E-state index >= 15 is 0 Å². The number of carboxylic acids is 1. The summed E-state index contributed by atoms with van der Waals surface area (Å²) in [5.41, 5.74) is 0.716. The van der Waals surface area contributed by atoms with Gasteiger partial charge in [-0.05, 0) is 27.2 Å². The Morgan fingerprint density at radius 1 is 1.33 bits per heavy atom. The number of aliphatic carboxylic acids is 1. The summed E-state index contributed by atoms with van der Waals surface area (Å²) in [6.07, 6.45) is 2.16. The summed E-state index contributed by atoms with van der Waals surface area (Å²) < 4.78 is 17.6. The molecule has 0 saturated carbocycles. The van der Waals surface area contributed by atoms with Crippen molar-refractivity contribution < 1.29 is 28.9 Å². The summed E-state index contributed by atoms with van der Waals surface area (Å²) in [5.74, 6) is -1.70. The van der Waals surface area contributed by atoms with Gasteiger partial charge in [0, 0.05) is 18.4 Å². The van der Waals surface area contributed by atoms with Crippen LogP contribution >= 0.6 is 0 Å². The van der Waals surface area contributed by atoms with Crippen LogP contribution in [0.3, 0.4) is 0 Å². The SMILES string of the molecule is C/C(=C\C(=O)O)C[C@@H]1OC[C@H](CC=O)[C@H]2OC(C)(C)O[C@H]21. The maximum absolute atomic E-state index is 10.8. The normalized spacial score (nSPS) is 35.3. The van der Waals surface area contributed by atoms with E-state index in [0.29, 0.717) is 25.0 Å². The van der Waals surface area contributed by atoms with E-state index in [1.54, 1.807) is 6.92 Å². The molecule has 2 saturated heterocycles. The van der Waals surface area contributed by atoms with E-state index in [0.717, 1.165) is 6.29 Å². The van der Waals surface area contributed by atoms with Gasteiger partial charge in [0.1, 0.15) is 12.4 Å². The first-order chi connectivity index (χ1) is 9.82. The van der Waals surface area contributed by atoms with Crippen molar-refractivity contribution in [1.29, 1.82) is 0 Å². The van der Waals surface area contributed by atoms with Gasteiger partial charge in [0.25, 0.3) is 0 Å². The van der Waals surface area contributed by atoms with Gasteiger partial charge in [-0.25, -0.2) is 4.79 Å². The van der Waals surface area contributed by atoms with Crippen LogP contribution in [0, 0.1) is 5.92 Å². The number of carbonyl (C=O) groups is 2. The van der Waals surface area contributed by atoms with Crippen LogP contribution in [0.15, 0.2) is 11.6 Å². The second-order valence-corrected chi connectivity index (χ2v) is 6.13. The molecule has 0 aromatic carbocycles. The summed E-state index contributed by atoms with van der Waals surface area (Å²) in [6.45, 7) is 5.84. The minimum atomic E-state index is -0.970. The van der Waals surface area contributed by atoms with Gasteiger partial charge in [-0.3, -0.25) is 0 Å². The third kappa shape index (κ3) is 3.90. The quantitative estimate of drug-likeness (QED) is 0.612. The maximum atomic E-state index is 10.8. The molecule has 21 heavy (non-hydrogen) atoms. The number of carbonyl (C=O) groups excluding carboxylic acids is 1. The summed E-state index contributed by atoms with van der Waals surface area (Å²) in [5, 5.41) is 8.78. The van der Waals surface area contributed by atoms with E-state index < -0.39 is 11.8 Å². The molecule has 6 heteroatoms. The molecule has 2 aliphatic heterocycles. The summed E-state index contributed by atoms with van der Waals surface area (Å²) >= 11 is 0. The van der Waals surface area contributed by atoms with Crippen LogP contribution in [0.2, 0.25) is 0 Å². The molecule has 6 nitrogen and oxygen atoms in total. The van der Waals surface area contributed by atoms with Crippen molar-refractivity contribution in [2.24, 2.45) is 5.92 Å². The molecule has 1 N–H and O–H groups in total. The van der Waals surface area contributed by atoms with Gasteiger partial charge in [0.05, 0.1) is 18.8 Å². The first-order valence-electron chi connectivity index (χ1n) is 7.13. The van der Waals surface area contributed by atoms with E-state index in [1.165, 1.54) is 6.08 Å². The smallest absolute Gasteiger partial charge is 0.328 e. The number of rotatable bonds is 5. The minimum absolute atomic E-state index is 0.0192. The lowest BCUT2D eigenvalue weighted by atomic mass is 9.88. The van der Waals surface area contributed by atoms with Gasteiger partial charge in [-0.1, -0.05) is 5.57 Å². The Hall–Kier alpha value is -1.24. The van der Waals surface area contributed by atoms with E-state index in [1.807, 2.05) is 13.8 Å². The largest absolute Gasteiger partial charge is 0.478 e. The number of fused-ring (bicyclic) bond motifs is 1. The van der Waals surface area contributed by atoms with Crippen molar-refractivity contribution in [2.45, 2.75) is 57.7 Å². The number of aldehydes is 1. The highest BCUT2D eigenvalue weighted by atomic mass is 16.8. The number of hydrogen-bond donors (Lipinski definition) is 1. The van der Waals surface area contributed by atoms with Gasteiger partial charge in [0.15, 0.2) is 5.79 Å². The molecule has 0 radical (unpaired) electrons. The third-order valence-corrected chi connectivity index (χ3v) is 3.81. The van der Waals surface area contributed by atoms with Crippen LogP contribution in [0.5, 0.6) is 0 Å². The second-order valence-electron chi connectivity index (χ2n) is 6.13. The monoisotopic (exact) mass is 298 g/mol. The van der Waals surface area contributed by atoms with E-state index in [-0.39, 0.29) is 24.2 Å². The lowest BCUT2D eigenvalue weighted by Crippen LogP contribution is -2.48. The highest BCUT2D eigenvalue weighted by Crippen LogP contribution is 2.40. The van der Waals surface area contributed by atoms with Gasteiger partial charge < -0.3 is 24.1 Å². The molecule has 0 spiro atoms. The van der Waals surface area contributed by atoms with Crippen molar-refractivity contribution in [1.82, 2.24) is 0 Å². The van der Waals surface area contributed by atoms with E-state index in [4.69, 9.17) is 19.3 Å². The molecule has 2 aliphatic rings. The van der Waals surface area contributed by atoms with E-state index in [9.17, 15) is 9.59 Å². The second kappa shape index (κ2) is 6.25. The van der Waals surface area contributed by atoms with Crippen LogP contribution in [-0.4, -0.2) is 48.1 Å². The molecule has 118 valence electrons. The fourth-order valence-electron chi connectivity index (χ4n) is 2.99. The molecule has 2 heterocycles. The molecule has 0 aromatic rings. The standard InChI is InChI=1S/C15H22O6/c1-9(7-12(17)18)6-11-14-13(20-15(2,3)21-14)10(4-5-16)8-19-11/h5,7,10-11,13-14H,4,6,8H2,1-3H3,(H,17,18)/b9-7+/t10-,11-,13+,14-/m0/s1. The fraction of sp³-hybridized carbons (Fsp3) is 0.733. The lowest BCUT2D eigenvalue weighted by Gasteiger charge is -2.36. The molecule has 0 bridgehead atoms. The number of ether oxygens (including phenoxy) is 3.